The largest absolute Gasteiger partial charge is 0.497 e. The van der Waals surface area contributed by atoms with Crippen molar-refractivity contribution in [3.05, 3.63) is 88.0 Å². The monoisotopic (exact) mass is 421 g/mol. The van der Waals surface area contributed by atoms with Gasteiger partial charge >= 0.3 is 0 Å². The average Bonchev–Trinajstić information content (AvgIpc) is 2.79. The van der Waals surface area contributed by atoms with Gasteiger partial charge in [-0.1, -0.05) is 0 Å². The minimum absolute atomic E-state index is 0.0232. The molecule has 3 rings (SSSR count). The zero-order chi connectivity index (χ0) is 22.4. The summed E-state index contributed by atoms with van der Waals surface area (Å²) in [4.78, 5) is 35.9. The van der Waals surface area contributed by atoms with Crippen molar-refractivity contribution < 1.29 is 24.0 Å². The van der Waals surface area contributed by atoms with Crippen molar-refractivity contribution in [3.63, 3.8) is 0 Å². The van der Waals surface area contributed by atoms with Gasteiger partial charge in [-0.05, 0) is 54.6 Å². The van der Waals surface area contributed by atoms with Crippen LogP contribution < -0.4 is 20.1 Å². The van der Waals surface area contributed by atoms with Gasteiger partial charge in [-0.3, -0.25) is 19.7 Å². The average molecular weight is 421 g/mol. The van der Waals surface area contributed by atoms with E-state index in [1.165, 1.54) is 20.3 Å². The van der Waals surface area contributed by atoms with Gasteiger partial charge in [-0.15, -0.1) is 0 Å². The first-order valence-corrected chi connectivity index (χ1v) is 9.10. The van der Waals surface area contributed by atoms with Crippen LogP contribution in [0.4, 0.5) is 17.1 Å². The molecule has 2 N–H and O–H groups in total. The van der Waals surface area contributed by atoms with Gasteiger partial charge in [-0.25, -0.2) is 0 Å². The Kier molecular flexibility index (Phi) is 6.46. The molecule has 0 bridgehead atoms. The van der Waals surface area contributed by atoms with Crippen LogP contribution in [0.1, 0.15) is 20.7 Å². The summed E-state index contributed by atoms with van der Waals surface area (Å²) in [5, 5.41) is 16.6. The predicted molar refractivity (Wildman–Crippen MR) is 115 cm³/mol. The maximum atomic E-state index is 12.6. The Morgan fingerprint density at radius 1 is 0.742 bits per heavy atom. The van der Waals surface area contributed by atoms with Gasteiger partial charge in [0.25, 0.3) is 17.5 Å². The zero-order valence-corrected chi connectivity index (χ0v) is 16.7. The van der Waals surface area contributed by atoms with E-state index < -0.39 is 16.7 Å². The molecule has 31 heavy (non-hydrogen) atoms. The van der Waals surface area contributed by atoms with Crippen molar-refractivity contribution in [3.8, 4) is 11.5 Å². The van der Waals surface area contributed by atoms with Crippen LogP contribution in [0.2, 0.25) is 0 Å². The summed E-state index contributed by atoms with van der Waals surface area (Å²) in [5.74, 6) is 0.0522. The first kappa shape index (κ1) is 21.3. The summed E-state index contributed by atoms with van der Waals surface area (Å²) >= 11 is 0. The molecular formula is C22H19N3O6. The highest BCUT2D eigenvalue weighted by molar-refractivity contribution is 6.09. The molecule has 158 valence electrons. The zero-order valence-electron chi connectivity index (χ0n) is 16.7. The highest BCUT2D eigenvalue weighted by Crippen LogP contribution is 2.22. The molecule has 0 spiro atoms. The molecule has 0 saturated heterocycles. The highest BCUT2D eigenvalue weighted by atomic mass is 16.6. The molecule has 9 heteroatoms. The minimum atomic E-state index is -0.658. The van der Waals surface area contributed by atoms with Crippen molar-refractivity contribution in [1.82, 2.24) is 0 Å². The van der Waals surface area contributed by atoms with E-state index in [0.29, 0.717) is 22.9 Å². The summed E-state index contributed by atoms with van der Waals surface area (Å²) in [6.07, 6.45) is 0. The lowest BCUT2D eigenvalue weighted by Gasteiger charge is -2.09. The number of nitrogens with zero attached hydrogens (tertiary/aromatic N) is 1. The van der Waals surface area contributed by atoms with Gasteiger partial charge in [0.1, 0.15) is 11.5 Å². The molecule has 0 heterocycles. The Hall–Kier alpha value is -4.40. The van der Waals surface area contributed by atoms with Crippen molar-refractivity contribution in [2.75, 3.05) is 24.9 Å². The molecule has 0 atom stereocenters. The van der Waals surface area contributed by atoms with Gasteiger partial charge in [0.2, 0.25) is 0 Å². The van der Waals surface area contributed by atoms with Crippen LogP contribution in [0, 0.1) is 10.1 Å². The van der Waals surface area contributed by atoms with Crippen molar-refractivity contribution in [2.45, 2.75) is 0 Å². The number of methoxy groups -OCH3 is 2. The van der Waals surface area contributed by atoms with E-state index >= 15 is 0 Å². The fraction of sp³-hybridized carbons (Fsp3) is 0.0909. The summed E-state index contributed by atoms with van der Waals surface area (Å²) in [6.45, 7) is 0. The Balaban J connectivity index is 1.84. The molecule has 3 aromatic rings. The molecular weight excluding hydrogens is 402 g/mol. The number of ether oxygens (including phenoxy) is 2. The third-order valence-electron chi connectivity index (χ3n) is 4.35. The van der Waals surface area contributed by atoms with E-state index in [2.05, 4.69) is 10.6 Å². The molecule has 2 amide bonds. The van der Waals surface area contributed by atoms with Gasteiger partial charge < -0.3 is 20.1 Å². The Bertz CT molecular complexity index is 1030. The van der Waals surface area contributed by atoms with Crippen LogP contribution in [0.15, 0.2) is 66.7 Å². The van der Waals surface area contributed by atoms with E-state index in [9.17, 15) is 19.7 Å². The number of non-ortho nitro benzene ring substituents is 1. The topological polar surface area (TPSA) is 120 Å². The number of nitro benzene ring substituents is 1. The normalized spacial score (nSPS) is 10.1. The summed E-state index contributed by atoms with van der Waals surface area (Å²) in [7, 11) is 3.05. The van der Waals surface area contributed by atoms with Gasteiger partial charge in [0.15, 0.2) is 0 Å². The van der Waals surface area contributed by atoms with E-state index in [0.717, 1.165) is 12.1 Å². The minimum Gasteiger partial charge on any atom is -0.497 e. The SMILES string of the molecule is COc1ccc(NC(=O)c2cc(C(=O)Nc3ccc(OC)cc3)cc([N+](=O)[O-])c2)cc1. The second-order valence-corrected chi connectivity index (χ2v) is 6.39. The fourth-order valence-corrected chi connectivity index (χ4v) is 2.73. The summed E-state index contributed by atoms with van der Waals surface area (Å²) in [6, 6.07) is 16.7. The van der Waals surface area contributed by atoms with Crippen molar-refractivity contribution >= 4 is 28.9 Å². The Morgan fingerprint density at radius 2 is 1.13 bits per heavy atom. The summed E-state index contributed by atoms with van der Waals surface area (Å²) < 4.78 is 10.1. The lowest BCUT2D eigenvalue weighted by Crippen LogP contribution is -2.16. The molecule has 0 unspecified atom stereocenters. The van der Waals surface area contributed by atoms with E-state index in [4.69, 9.17) is 9.47 Å². The molecule has 0 aliphatic heterocycles. The third-order valence-corrected chi connectivity index (χ3v) is 4.35. The molecule has 0 radical (unpaired) electrons. The van der Waals surface area contributed by atoms with Crippen LogP contribution in [-0.4, -0.2) is 31.0 Å². The second-order valence-electron chi connectivity index (χ2n) is 6.39. The first-order chi connectivity index (χ1) is 14.9. The maximum Gasteiger partial charge on any atom is 0.271 e. The van der Waals surface area contributed by atoms with Crippen LogP contribution in [0.3, 0.4) is 0 Å². The number of hydrogen-bond acceptors (Lipinski definition) is 6. The number of anilines is 2. The number of carbonyl (C=O) groups is 2. The van der Waals surface area contributed by atoms with Crippen LogP contribution >= 0.6 is 0 Å². The lowest BCUT2D eigenvalue weighted by atomic mass is 10.1. The van der Waals surface area contributed by atoms with Crippen molar-refractivity contribution in [1.29, 1.82) is 0 Å². The molecule has 9 nitrogen and oxygen atoms in total. The number of carbonyl (C=O) groups excluding carboxylic acids is 2. The van der Waals surface area contributed by atoms with Crippen LogP contribution in [-0.2, 0) is 0 Å². The predicted octanol–water partition coefficient (Wildman–Crippen LogP) is 4.12. The highest BCUT2D eigenvalue weighted by Gasteiger charge is 2.18. The number of rotatable bonds is 7. The smallest absolute Gasteiger partial charge is 0.271 e. The van der Waals surface area contributed by atoms with E-state index in [1.807, 2.05) is 0 Å². The summed E-state index contributed by atoms with van der Waals surface area (Å²) in [5.41, 5.74) is 0.528. The first-order valence-electron chi connectivity index (χ1n) is 9.10. The molecule has 0 aliphatic carbocycles. The molecule has 0 aromatic heterocycles. The quantitative estimate of drug-likeness (QED) is 0.437. The van der Waals surface area contributed by atoms with Crippen molar-refractivity contribution in [2.24, 2.45) is 0 Å². The van der Waals surface area contributed by atoms with Gasteiger partial charge in [-0.2, -0.15) is 0 Å². The Morgan fingerprint density at radius 3 is 1.45 bits per heavy atom. The number of amides is 2. The van der Waals surface area contributed by atoms with E-state index in [-0.39, 0.29) is 16.8 Å². The lowest BCUT2D eigenvalue weighted by molar-refractivity contribution is -0.384. The second kappa shape index (κ2) is 9.40. The van der Waals surface area contributed by atoms with Gasteiger partial charge in [0, 0.05) is 34.6 Å². The number of nitro groups is 1. The molecule has 0 fully saturated rings. The number of benzene rings is 3. The number of hydrogen-bond donors (Lipinski definition) is 2. The standard InChI is InChI=1S/C22H19N3O6/c1-30-19-7-3-16(4-8-19)23-21(26)14-11-15(13-18(12-14)25(28)29)22(27)24-17-5-9-20(31-2)10-6-17/h3-13H,1-2H3,(H,23,26)(H,24,27). The molecule has 0 saturated carbocycles. The van der Waals surface area contributed by atoms with Crippen LogP contribution in [0.5, 0.6) is 11.5 Å². The maximum absolute atomic E-state index is 12.6. The molecule has 3 aromatic carbocycles. The van der Waals surface area contributed by atoms with E-state index in [1.54, 1.807) is 48.5 Å². The number of nitrogens with one attached hydrogen (secondary N) is 2. The fourth-order valence-electron chi connectivity index (χ4n) is 2.73. The van der Waals surface area contributed by atoms with Gasteiger partial charge in [0.05, 0.1) is 19.1 Å². The third kappa shape index (κ3) is 5.36. The molecule has 0 aliphatic rings. The Labute approximate surface area is 177 Å². The van der Waals surface area contributed by atoms with Crippen LogP contribution in [0.25, 0.3) is 0 Å².